The predicted molar refractivity (Wildman–Crippen MR) is 74.9 cm³/mol. The topological polar surface area (TPSA) is 38.3 Å². The van der Waals surface area contributed by atoms with Gasteiger partial charge in [0.25, 0.3) is 0 Å². The number of rotatable bonds is 5. The van der Waals surface area contributed by atoms with Gasteiger partial charge in [0.15, 0.2) is 0 Å². The van der Waals surface area contributed by atoms with Crippen molar-refractivity contribution >= 4 is 21.8 Å². The second kappa shape index (κ2) is 6.34. The number of carbonyl (C=O) groups is 1. The molecule has 3 nitrogen and oxygen atoms in total. The van der Waals surface area contributed by atoms with E-state index in [9.17, 15) is 4.79 Å². The van der Waals surface area contributed by atoms with Crippen LogP contribution in [-0.2, 0) is 22.4 Å². The third-order valence-electron chi connectivity index (χ3n) is 3.27. The summed E-state index contributed by atoms with van der Waals surface area (Å²) in [4.78, 5) is 12.2. The van der Waals surface area contributed by atoms with Crippen molar-refractivity contribution < 1.29 is 9.53 Å². The van der Waals surface area contributed by atoms with Crippen molar-refractivity contribution in [2.24, 2.45) is 5.92 Å². The van der Waals surface area contributed by atoms with E-state index in [1.54, 1.807) is 7.11 Å². The maximum absolute atomic E-state index is 12.0. The van der Waals surface area contributed by atoms with E-state index in [-0.39, 0.29) is 16.7 Å². The predicted octanol–water partition coefficient (Wildman–Crippen LogP) is 1.93. The van der Waals surface area contributed by atoms with E-state index in [1.165, 1.54) is 11.1 Å². The van der Waals surface area contributed by atoms with Gasteiger partial charge in [-0.2, -0.15) is 0 Å². The van der Waals surface area contributed by atoms with Crippen LogP contribution in [-0.4, -0.2) is 31.0 Å². The number of hydrogen-bond donors (Lipinski definition) is 1. The average molecular weight is 312 g/mol. The molecule has 0 aromatic heterocycles. The van der Waals surface area contributed by atoms with Crippen molar-refractivity contribution in [2.75, 3.05) is 20.3 Å². The molecular formula is C14H18BrNO2. The van der Waals surface area contributed by atoms with Crippen LogP contribution in [0, 0.1) is 5.92 Å². The Bertz CT molecular complexity index is 397. The molecule has 1 aromatic rings. The van der Waals surface area contributed by atoms with Gasteiger partial charge in [0, 0.05) is 19.6 Å². The number of methoxy groups -OCH3 is 1. The van der Waals surface area contributed by atoms with E-state index < -0.39 is 0 Å². The highest BCUT2D eigenvalue weighted by atomic mass is 79.9. The number of carbonyl (C=O) groups excluding carboxylic acids is 1. The quantitative estimate of drug-likeness (QED) is 0.844. The number of hydrogen-bond acceptors (Lipinski definition) is 2. The lowest BCUT2D eigenvalue weighted by atomic mass is 10.1. The molecule has 1 unspecified atom stereocenters. The summed E-state index contributed by atoms with van der Waals surface area (Å²) in [5.41, 5.74) is 2.62. The van der Waals surface area contributed by atoms with Gasteiger partial charge in [-0.25, -0.2) is 0 Å². The van der Waals surface area contributed by atoms with E-state index in [0.29, 0.717) is 13.2 Å². The summed E-state index contributed by atoms with van der Waals surface area (Å²) in [7, 11) is 1.66. The second-order valence-corrected chi connectivity index (χ2v) is 5.97. The van der Waals surface area contributed by atoms with Crippen molar-refractivity contribution in [1.29, 1.82) is 0 Å². The van der Waals surface area contributed by atoms with E-state index in [2.05, 4.69) is 33.4 Å². The van der Waals surface area contributed by atoms with E-state index in [0.717, 1.165) is 12.8 Å². The molecule has 0 aliphatic heterocycles. The molecule has 0 heterocycles. The largest absolute Gasteiger partial charge is 0.383 e. The van der Waals surface area contributed by atoms with Gasteiger partial charge in [0.05, 0.1) is 11.4 Å². The number of alkyl halides is 1. The molecule has 0 fully saturated rings. The van der Waals surface area contributed by atoms with Gasteiger partial charge in [-0.15, -0.1) is 0 Å². The molecule has 0 saturated heterocycles. The normalized spacial score (nSPS) is 16.3. The average Bonchev–Trinajstić information content (AvgIpc) is 2.80. The van der Waals surface area contributed by atoms with Crippen molar-refractivity contribution in [1.82, 2.24) is 5.32 Å². The number of benzene rings is 1. The maximum Gasteiger partial charge on any atom is 0.223 e. The van der Waals surface area contributed by atoms with Gasteiger partial charge >= 0.3 is 0 Å². The molecule has 0 spiro atoms. The Labute approximate surface area is 116 Å². The summed E-state index contributed by atoms with van der Waals surface area (Å²) >= 11 is 3.46. The first kappa shape index (κ1) is 13.6. The minimum atomic E-state index is 0.0876. The Morgan fingerprint density at radius 2 is 2.06 bits per heavy atom. The summed E-state index contributed by atoms with van der Waals surface area (Å²) in [5, 5.41) is 2.98. The van der Waals surface area contributed by atoms with Crippen LogP contribution in [0.25, 0.3) is 0 Å². The molecule has 1 aliphatic carbocycles. The lowest BCUT2D eigenvalue weighted by Gasteiger charge is -2.13. The van der Waals surface area contributed by atoms with Gasteiger partial charge < -0.3 is 10.1 Å². The number of ether oxygens (including phenoxy) is 1. The molecule has 0 radical (unpaired) electrons. The maximum atomic E-state index is 12.0. The van der Waals surface area contributed by atoms with Crippen molar-refractivity contribution in [3.05, 3.63) is 35.4 Å². The molecule has 1 amide bonds. The number of nitrogens with one attached hydrogen (secondary N) is 1. The molecule has 1 aliphatic rings. The number of fused-ring (bicyclic) bond motifs is 1. The van der Waals surface area contributed by atoms with Gasteiger partial charge in [-0.3, -0.25) is 4.79 Å². The Kier molecular flexibility index (Phi) is 4.78. The first-order valence-electron chi connectivity index (χ1n) is 6.18. The van der Waals surface area contributed by atoms with Crippen LogP contribution in [0.1, 0.15) is 11.1 Å². The molecule has 18 heavy (non-hydrogen) atoms. The summed E-state index contributed by atoms with van der Waals surface area (Å²) in [5.74, 6) is 0.233. The first-order chi connectivity index (χ1) is 8.70. The third kappa shape index (κ3) is 3.33. The van der Waals surface area contributed by atoms with E-state index >= 15 is 0 Å². The highest BCUT2D eigenvalue weighted by molar-refractivity contribution is 9.09. The minimum Gasteiger partial charge on any atom is -0.383 e. The fraction of sp³-hybridized carbons (Fsp3) is 0.500. The van der Waals surface area contributed by atoms with Crippen LogP contribution in [0.5, 0.6) is 0 Å². The van der Waals surface area contributed by atoms with E-state index in [4.69, 9.17) is 4.74 Å². The highest BCUT2D eigenvalue weighted by Crippen LogP contribution is 2.26. The standard InChI is InChI=1S/C14H18BrNO2/c1-18-9-13(15)8-16-14(17)12-6-10-4-2-3-5-11(10)7-12/h2-5,12-13H,6-9H2,1H3,(H,16,17). The van der Waals surface area contributed by atoms with Gasteiger partial charge in [0.2, 0.25) is 5.91 Å². The van der Waals surface area contributed by atoms with Crippen LogP contribution in [0.15, 0.2) is 24.3 Å². The number of halogens is 1. The Balaban J connectivity index is 1.82. The molecule has 1 N–H and O–H groups in total. The zero-order valence-electron chi connectivity index (χ0n) is 10.5. The molecule has 1 aromatic carbocycles. The van der Waals surface area contributed by atoms with Crippen LogP contribution < -0.4 is 5.32 Å². The Hall–Kier alpha value is -0.870. The van der Waals surface area contributed by atoms with E-state index in [1.807, 2.05) is 12.1 Å². The third-order valence-corrected chi connectivity index (χ3v) is 3.86. The smallest absolute Gasteiger partial charge is 0.223 e. The fourth-order valence-electron chi connectivity index (χ4n) is 2.34. The minimum absolute atomic E-state index is 0.0876. The lowest BCUT2D eigenvalue weighted by Crippen LogP contribution is -2.36. The van der Waals surface area contributed by atoms with Gasteiger partial charge in [-0.05, 0) is 24.0 Å². The van der Waals surface area contributed by atoms with Crippen LogP contribution >= 0.6 is 15.9 Å². The first-order valence-corrected chi connectivity index (χ1v) is 7.09. The molecule has 4 heteroatoms. The molecule has 1 atom stereocenters. The Morgan fingerprint density at radius 3 is 2.61 bits per heavy atom. The SMILES string of the molecule is COCC(Br)CNC(=O)C1Cc2ccccc2C1. The second-order valence-electron chi connectivity index (χ2n) is 4.67. The fourth-order valence-corrected chi connectivity index (χ4v) is 2.77. The van der Waals surface area contributed by atoms with Gasteiger partial charge in [0.1, 0.15) is 0 Å². The summed E-state index contributed by atoms with van der Waals surface area (Å²) in [6, 6.07) is 8.29. The lowest BCUT2D eigenvalue weighted by molar-refractivity contribution is -0.124. The number of amides is 1. The van der Waals surface area contributed by atoms with Crippen LogP contribution in [0.4, 0.5) is 0 Å². The zero-order chi connectivity index (χ0) is 13.0. The zero-order valence-corrected chi connectivity index (χ0v) is 12.1. The van der Waals surface area contributed by atoms with Crippen LogP contribution in [0.2, 0.25) is 0 Å². The highest BCUT2D eigenvalue weighted by Gasteiger charge is 2.26. The summed E-state index contributed by atoms with van der Waals surface area (Å²) in [6.45, 7) is 1.21. The Morgan fingerprint density at radius 1 is 1.44 bits per heavy atom. The van der Waals surface area contributed by atoms with Crippen LogP contribution in [0.3, 0.4) is 0 Å². The molecule has 0 bridgehead atoms. The van der Waals surface area contributed by atoms with Crippen molar-refractivity contribution in [2.45, 2.75) is 17.7 Å². The van der Waals surface area contributed by atoms with Crippen molar-refractivity contribution in [3.63, 3.8) is 0 Å². The van der Waals surface area contributed by atoms with Crippen molar-refractivity contribution in [3.8, 4) is 0 Å². The summed E-state index contributed by atoms with van der Waals surface area (Å²) in [6.07, 6.45) is 1.72. The molecule has 2 rings (SSSR count). The monoisotopic (exact) mass is 311 g/mol. The van der Waals surface area contributed by atoms with Gasteiger partial charge in [-0.1, -0.05) is 40.2 Å². The molecule has 0 saturated carbocycles. The summed E-state index contributed by atoms with van der Waals surface area (Å²) < 4.78 is 5.01. The molecular weight excluding hydrogens is 294 g/mol. The molecule has 98 valence electrons.